The Labute approximate surface area is 168 Å². The van der Waals surface area contributed by atoms with Crippen LogP contribution in [0, 0.1) is 0 Å². The van der Waals surface area contributed by atoms with Gasteiger partial charge in [0.05, 0.1) is 23.8 Å². The lowest BCUT2D eigenvalue weighted by Crippen LogP contribution is -2.38. The summed E-state index contributed by atoms with van der Waals surface area (Å²) in [5, 5.41) is 5.20. The Balaban J connectivity index is 1.54. The van der Waals surface area contributed by atoms with Crippen molar-refractivity contribution in [1.29, 1.82) is 0 Å². The maximum Gasteiger partial charge on any atom is 0.183 e. The first-order chi connectivity index (χ1) is 13.3. The maximum absolute atomic E-state index is 6.07. The predicted octanol–water partition coefficient (Wildman–Crippen LogP) is 4.87. The molecular weight excluding hydrogens is 378 g/mol. The lowest BCUT2D eigenvalue weighted by Gasteiger charge is -2.26. The van der Waals surface area contributed by atoms with E-state index in [0.717, 1.165) is 71.2 Å². The Morgan fingerprint density at radius 1 is 1.00 bits per heavy atom. The average Bonchev–Trinajstić information content (AvgIpc) is 3.14. The van der Waals surface area contributed by atoms with Crippen LogP contribution in [0.1, 0.15) is 0 Å². The average molecular weight is 400 g/mol. The highest BCUT2D eigenvalue weighted by Gasteiger charge is 2.15. The Hall–Kier alpha value is -1.92. The molecule has 1 aromatic heterocycles. The van der Waals surface area contributed by atoms with Crippen LogP contribution in [0.25, 0.3) is 21.7 Å². The number of hydrogen-bond donors (Lipinski definition) is 1. The van der Waals surface area contributed by atoms with E-state index in [0.29, 0.717) is 0 Å². The molecule has 1 aliphatic heterocycles. The van der Waals surface area contributed by atoms with Crippen molar-refractivity contribution >= 4 is 28.1 Å². The molecule has 0 unspecified atom stereocenters. The van der Waals surface area contributed by atoms with E-state index < -0.39 is 0 Å². The van der Waals surface area contributed by atoms with Gasteiger partial charge in [0.1, 0.15) is 0 Å². The van der Waals surface area contributed by atoms with Gasteiger partial charge < -0.3 is 10.1 Å². The van der Waals surface area contributed by atoms with E-state index in [-0.39, 0.29) is 0 Å². The monoisotopic (exact) mass is 399 g/mol. The minimum Gasteiger partial charge on any atom is -0.379 e. The number of ether oxygens (including phenoxy) is 1. The number of morpholine rings is 1. The molecule has 2 aromatic carbocycles. The predicted molar refractivity (Wildman–Crippen MR) is 114 cm³/mol. The molecule has 0 saturated carbocycles. The van der Waals surface area contributed by atoms with Crippen molar-refractivity contribution in [1.82, 2.24) is 9.88 Å². The lowest BCUT2D eigenvalue weighted by atomic mass is 10.1. The van der Waals surface area contributed by atoms with E-state index >= 15 is 0 Å². The van der Waals surface area contributed by atoms with Crippen LogP contribution in [-0.4, -0.2) is 49.3 Å². The number of anilines is 1. The number of nitrogens with one attached hydrogen (secondary N) is 1. The summed E-state index contributed by atoms with van der Waals surface area (Å²) in [6, 6.07) is 18.3. The molecule has 4 rings (SSSR count). The van der Waals surface area contributed by atoms with E-state index in [4.69, 9.17) is 21.3 Å². The van der Waals surface area contributed by atoms with E-state index in [1.54, 1.807) is 11.3 Å². The molecule has 2 heterocycles. The van der Waals surface area contributed by atoms with Crippen LogP contribution in [0.2, 0.25) is 5.02 Å². The van der Waals surface area contributed by atoms with E-state index in [2.05, 4.69) is 34.5 Å². The summed E-state index contributed by atoms with van der Waals surface area (Å²) in [5.74, 6) is 0. The van der Waals surface area contributed by atoms with Gasteiger partial charge in [0.25, 0.3) is 0 Å². The fraction of sp³-hybridized carbons (Fsp3) is 0.286. The molecule has 140 valence electrons. The minimum absolute atomic E-state index is 0.744. The number of rotatable bonds is 6. The van der Waals surface area contributed by atoms with Crippen molar-refractivity contribution in [3.05, 3.63) is 59.6 Å². The number of nitrogens with zero attached hydrogens (tertiary/aromatic N) is 2. The summed E-state index contributed by atoms with van der Waals surface area (Å²) < 4.78 is 5.41. The van der Waals surface area contributed by atoms with E-state index in [9.17, 15) is 0 Å². The van der Waals surface area contributed by atoms with Gasteiger partial charge >= 0.3 is 0 Å². The van der Waals surface area contributed by atoms with Crippen LogP contribution in [0.3, 0.4) is 0 Å². The van der Waals surface area contributed by atoms with Crippen LogP contribution >= 0.6 is 22.9 Å². The molecule has 27 heavy (non-hydrogen) atoms. The molecule has 1 fully saturated rings. The molecule has 0 bridgehead atoms. The van der Waals surface area contributed by atoms with E-state index in [1.165, 1.54) is 0 Å². The minimum atomic E-state index is 0.744. The third kappa shape index (κ3) is 4.68. The first-order valence-electron chi connectivity index (χ1n) is 9.16. The van der Waals surface area contributed by atoms with Crippen molar-refractivity contribution < 1.29 is 4.74 Å². The second-order valence-corrected chi connectivity index (χ2v) is 7.89. The zero-order valence-electron chi connectivity index (χ0n) is 15.0. The summed E-state index contributed by atoms with van der Waals surface area (Å²) in [6.45, 7) is 5.55. The third-order valence-corrected chi connectivity index (χ3v) is 5.90. The van der Waals surface area contributed by atoms with Crippen molar-refractivity contribution in [3.63, 3.8) is 0 Å². The fourth-order valence-electron chi connectivity index (χ4n) is 3.13. The molecule has 3 aromatic rings. The number of thiazole rings is 1. The van der Waals surface area contributed by atoms with Gasteiger partial charge in [-0.1, -0.05) is 65.4 Å². The Kier molecular flexibility index (Phi) is 6.04. The van der Waals surface area contributed by atoms with Crippen molar-refractivity contribution in [2.75, 3.05) is 44.7 Å². The molecule has 0 atom stereocenters. The van der Waals surface area contributed by atoms with Crippen molar-refractivity contribution in [2.24, 2.45) is 0 Å². The van der Waals surface area contributed by atoms with Gasteiger partial charge in [-0.3, -0.25) is 4.90 Å². The zero-order chi connectivity index (χ0) is 18.5. The molecule has 1 aliphatic rings. The Morgan fingerprint density at radius 2 is 1.74 bits per heavy atom. The Morgan fingerprint density at radius 3 is 2.48 bits per heavy atom. The topological polar surface area (TPSA) is 37.4 Å². The number of aromatic nitrogens is 1. The quantitative estimate of drug-likeness (QED) is 0.641. The van der Waals surface area contributed by atoms with Crippen LogP contribution in [0.5, 0.6) is 0 Å². The van der Waals surface area contributed by atoms with Crippen LogP contribution in [0.15, 0.2) is 54.6 Å². The van der Waals surface area contributed by atoms with Crippen LogP contribution < -0.4 is 5.32 Å². The van der Waals surface area contributed by atoms with Gasteiger partial charge in [-0.15, -0.1) is 0 Å². The van der Waals surface area contributed by atoms with Gasteiger partial charge in [0.15, 0.2) is 5.13 Å². The SMILES string of the molecule is Clc1ccc(-c2sc(NCCN3CCOCC3)nc2-c2ccccc2)cc1. The molecule has 4 nitrogen and oxygen atoms in total. The first-order valence-corrected chi connectivity index (χ1v) is 10.4. The molecule has 0 radical (unpaired) electrons. The highest BCUT2D eigenvalue weighted by atomic mass is 35.5. The molecular formula is C21H22ClN3OS. The summed E-state index contributed by atoms with van der Waals surface area (Å²) in [5.41, 5.74) is 3.27. The lowest BCUT2D eigenvalue weighted by molar-refractivity contribution is 0.0398. The number of benzene rings is 2. The summed E-state index contributed by atoms with van der Waals surface area (Å²) >= 11 is 7.76. The van der Waals surface area contributed by atoms with Crippen molar-refractivity contribution in [3.8, 4) is 21.7 Å². The normalized spacial score (nSPS) is 15.0. The maximum atomic E-state index is 6.07. The Bertz CT molecular complexity index is 861. The second-order valence-electron chi connectivity index (χ2n) is 6.45. The molecule has 0 spiro atoms. The molecule has 0 amide bonds. The number of halogens is 1. The van der Waals surface area contributed by atoms with Gasteiger partial charge in [-0.05, 0) is 17.7 Å². The third-order valence-electron chi connectivity index (χ3n) is 4.59. The zero-order valence-corrected chi connectivity index (χ0v) is 16.6. The summed E-state index contributed by atoms with van der Waals surface area (Å²) in [6.07, 6.45) is 0. The fourth-order valence-corrected chi connectivity index (χ4v) is 4.27. The van der Waals surface area contributed by atoms with Crippen molar-refractivity contribution in [2.45, 2.75) is 0 Å². The second kappa shape index (κ2) is 8.85. The van der Waals surface area contributed by atoms with Gasteiger partial charge in [0.2, 0.25) is 0 Å². The summed E-state index contributed by atoms with van der Waals surface area (Å²) in [4.78, 5) is 8.47. The molecule has 0 aliphatic carbocycles. The molecule has 1 saturated heterocycles. The van der Waals surface area contributed by atoms with E-state index in [1.807, 2.05) is 30.3 Å². The van der Waals surface area contributed by atoms with Gasteiger partial charge in [0, 0.05) is 36.8 Å². The summed E-state index contributed by atoms with van der Waals surface area (Å²) in [7, 11) is 0. The van der Waals surface area contributed by atoms with Crippen LogP contribution in [-0.2, 0) is 4.74 Å². The molecule has 1 N–H and O–H groups in total. The highest BCUT2D eigenvalue weighted by molar-refractivity contribution is 7.19. The number of hydrogen-bond acceptors (Lipinski definition) is 5. The van der Waals surface area contributed by atoms with Gasteiger partial charge in [-0.2, -0.15) is 0 Å². The molecule has 6 heteroatoms. The largest absolute Gasteiger partial charge is 0.379 e. The highest BCUT2D eigenvalue weighted by Crippen LogP contribution is 2.39. The standard InChI is InChI=1S/C21H22ClN3OS/c22-18-8-6-17(7-9-18)20-19(16-4-2-1-3-5-16)24-21(27-20)23-10-11-25-12-14-26-15-13-25/h1-9H,10-15H2,(H,23,24). The first kappa shape index (κ1) is 18.4. The van der Waals surface area contributed by atoms with Gasteiger partial charge in [-0.25, -0.2) is 4.98 Å². The smallest absolute Gasteiger partial charge is 0.183 e. The van der Waals surface area contributed by atoms with Crippen LogP contribution in [0.4, 0.5) is 5.13 Å².